The quantitative estimate of drug-likeness (QED) is 0.710. The number of nitrogens with zero attached hydrogens (tertiary/aromatic N) is 3. The SMILES string of the molecule is O=C(c1cc(Nc2ccc(Cl)cc2)nc(-c2ccccc2)n1)N1CCCC1. The number of anilines is 2. The van der Waals surface area contributed by atoms with E-state index in [9.17, 15) is 4.79 Å². The number of likely N-dealkylation sites (tertiary alicyclic amines) is 1. The molecular formula is C21H19ClN4O. The lowest BCUT2D eigenvalue weighted by Gasteiger charge is -2.16. The smallest absolute Gasteiger partial charge is 0.272 e. The number of hydrogen-bond donors (Lipinski definition) is 1. The number of halogens is 1. The first-order valence-corrected chi connectivity index (χ1v) is 9.33. The summed E-state index contributed by atoms with van der Waals surface area (Å²) in [4.78, 5) is 23.9. The van der Waals surface area contributed by atoms with Crippen LogP contribution in [0.15, 0.2) is 60.7 Å². The van der Waals surface area contributed by atoms with Crippen LogP contribution in [0.1, 0.15) is 23.3 Å². The lowest BCUT2D eigenvalue weighted by molar-refractivity contribution is 0.0787. The van der Waals surface area contributed by atoms with E-state index in [1.807, 2.05) is 47.4 Å². The van der Waals surface area contributed by atoms with Gasteiger partial charge in [-0.05, 0) is 37.1 Å². The zero-order valence-corrected chi connectivity index (χ0v) is 15.5. The van der Waals surface area contributed by atoms with Crippen molar-refractivity contribution in [2.75, 3.05) is 18.4 Å². The number of hydrogen-bond acceptors (Lipinski definition) is 4. The summed E-state index contributed by atoms with van der Waals surface area (Å²) in [6.45, 7) is 1.56. The van der Waals surface area contributed by atoms with Gasteiger partial charge in [-0.1, -0.05) is 41.9 Å². The summed E-state index contributed by atoms with van der Waals surface area (Å²) < 4.78 is 0. The van der Waals surface area contributed by atoms with Gasteiger partial charge in [-0.3, -0.25) is 4.79 Å². The van der Waals surface area contributed by atoms with Crippen molar-refractivity contribution in [3.8, 4) is 11.4 Å². The zero-order chi connectivity index (χ0) is 18.6. The molecule has 6 heteroatoms. The van der Waals surface area contributed by atoms with Crippen LogP contribution in [-0.4, -0.2) is 33.9 Å². The number of amides is 1. The van der Waals surface area contributed by atoms with Gasteiger partial charge < -0.3 is 10.2 Å². The van der Waals surface area contributed by atoms with Gasteiger partial charge in [0.1, 0.15) is 11.5 Å². The van der Waals surface area contributed by atoms with Crippen LogP contribution in [0.25, 0.3) is 11.4 Å². The van der Waals surface area contributed by atoms with E-state index in [0.29, 0.717) is 22.4 Å². The van der Waals surface area contributed by atoms with Crippen molar-refractivity contribution in [3.63, 3.8) is 0 Å². The highest BCUT2D eigenvalue weighted by molar-refractivity contribution is 6.30. The standard InChI is InChI=1S/C21H19ClN4O/c22-16-8-10-17(11-9-16)23-19-14-18(21(27)26-12-4-5-13-26)24-20(25-19)15-6-2-1-3-7-15/h1-3,6-11,14H,4-5,12-13H2,(H,23,24,25). The molecule has 0 bridgehead atoms. The van der Waals surface area contributed by atoms with Crippen molar-refractivity contribution in [2.24, 2.45) is 0 Å². The molecule has 2 aromatic carbocycles. The number of nitrogens with one attached hydrogen (secondary N) is 1. The van der Waals surface area contributed by atoms with Crippen molar-refractivity contribution >= 4 is 29.0 Å². The number of benzene rings is 2. The topological polar surface area (TPSA) is 58.1 Å². The van der Waals surface area contributed by atoms with Gasteiger partial charge in [0.2, 0.25) is 0 Å². The van der Waals surface area contributed by atoms with Crippen LogP contribution in [0.2, 0.25) is 5.02 Å². The fourth-order valence-electron chi connectivity index (χ4n) is 3.10. The van der Waals surface area contributed by atoms with Gasteiger partial charge in [0.15, 0.2) is 5.82 Å². The second-order valence-corrected chi connectivity index (χ2v) is 6.90. The van der Waals surface area contributed by atoms with Crippen molar-refractivity contribution in [3.05, 3.63) is 71.4 Å². The summed E-state index contributed by atoms with van der Waals surface area (Å²) in [6, 6.07) is 18.7. The van der Waals surface area contributed by atoms with Gasteiger partial charge in [-0.2, -0.15) is 0 Å². The normalized spacial score (nSPS) is 13.6. The molecule has 1 fully saturated rings. The third kappa shape index (κ3) is 4.09. The molecule has 0 saturated carbocycles. The first kappa shape index (κ1) is 17.5. The zero-order valence-electron chi connectivity index (χ0n) is 14.7. The van der Waals surface area contributed by atoms with E-state index in [2.05, 4.69) is 15.3 Å². The average molecular weight is 379 g/mol. The van der Waals surface area contributed by atoms with E-state index in [-0.39, 0.29) is 5.91 Å². The molecule has 2 heterocycles. The Morgan fingerprint density at radius 3 is 2.37 bits per heavy atom. The molecule has 27 heavy (non-hydrogen) atoms. The van der Waals surface area contributed by atoms with Gasteiger partial charge in [-0.25, -0.2) is 9.97 Å². The Morgan fingerprint density at radius 1 is 0.963 bits per heavy atom. The lowest BCUT2D eigenvalue weighted by atomic mass is 10.2. The van der Waals surface area contributed by atoms with E-state index < -0.39 is 0 Å². The van der Waals surface area contributed by atoms with Crippen LogP contribution >= 0.6 is 11.6 Å². The summed E-state index contributed by atoms with van der Waals surface area (Å²) in [5, 5.41) is 3.91. The van der Waals surface area contributed by atoms with Gasteiger partial charge in [0, 0.05) is 35.4 Å². The molecule has 1 N–H and O–H groups in total. The lowest BCUT2D eigenvalue weighted by Crippen LogP contribution is -2.28. The molecule has 0 unspecified atom stereocenters. The Balaban J connectivity index is 1.71. The Morgan fingerprint density at radius 2 is 1.67 bits per heavy atom. The van der Waals surface area contributed by atoms with Crippen molar-refractivity contribution in [1.82, 2.24) is 14.9 Å². The summed E-state index contributed by atoms with van der Waals surface area (Å²) in [6.07, 6.45) is 2.08. The van der Waals surface area contributed by atoms with Crippen LogP contribution in [0.4, 0.5) is 11.5 Å². The minimum atomic E-state index is -0.0498. The number of rotatable bonds is 4. The van der Waals surface area contributed by atoms with Crippen LogP contribution in [0.3, 0.4) is 0 Å². The predicted octanol–water partition coefficient (Wildman–Crippen LogP) is 4.78. The van der Waals surface area contributed by atoms with Crippen LogP contribution in [-0.2, 0) is 0 Å². The number of aromatic nitrogens is 2. The van der Waals surface area contributed by atoms with Crippen LogP contribution in [0, 0.1) is 0 Å². The molecule has 0 spiro atoms. The predicted molar refractivity (Wildman–Crippen MR) is 107 cm³/mol. The summed E-state index contributed by atoms with van der Waals surface area (Å²) in [5.41, 5.74) is 2.12. The fraction of sp³-hybridized carbons (Fsp3) is 0.190. The highest BCUT2D eigenvalue weighted by atomic mass is 35.5. The van der Waals surface area contributed by atoms with E-state index >= 15 is 0 Å². The summed E-state index contributed by atoms with van der Waals surface area (Å²) >= 11 is 5.96. The van der Waals surface area contributed by atoms with Crippen molar-refractivity contribution in [1.29, 1.82) is 0 Å². The molecule has 3 aromatic rings. The molecule has 4 rings (SSSR count). The molecule has 1 saturated heterocycles. The summed E-state index contributed by atoms with van der Waals surface area (Å²) in [7, 11) is 0. The van der Waals surface area contributed by atoms with E-state index in [1.165, 1.54) is 0 Å². The molecule has 1 amide bonds. The first-order valence-electron chi connectivity index (χ1n) is 8.95. The van der Waals surface area contributed by atoms with Gasteiger partial charge >= 0.3 is 0 Å². The van der Waals surface area contributed by atoms with Crippen LogP contribution in [0.5, 0.6) is 0 Å². The fourth-order valence-corrected chi connectivity index (χ4v) is 3.23. The second kappa shape index (κ2) is 7.76. The Labute approximate surface area is 163 Å². The second-order valence-electron chi connectivity index (χ2n) is 6.46. The van der Waals surface area contributed by atoms with E-state index in [0.717, 1.165) is 37.2 Å². The third-order valence-electron chi connectivity index (χ3n) is 4.49. The minimum absolute atomic E-state index is 0.0498. The van der Waals surface area contributed by atoms with Crippen molar-refractivity contribution < 1.29 is 4.79 Å². The summed E-state index contributed by atoms with van der Waals surface area (Å²) in [5.74, 6) is 1.05. The molecule has 0 aliphatic carbocycles. The van der Waals surface area contributed by atoms with Gasteiger partial charge in [0.25, 0.3) is 5.91 Å². The molecule has 5 nitrogen and oxygen atoms in total. The third-order valence-corrected chi connectivity index (χ3v) is 4.74. The molecule has 1 aliphatic rings. The highest BCUT2D eigenvalue weighted by Crippen LogP contribution is 2.23. The molecule has 136 valence electrons. The maximum Gasteiger partial charge on any atom is 0.272 e. The van der Waals surface area contributed by atoms with Crippen molar-refractivity contribution in [2.45, 2.75) is 12.8 Å². The molecule has 0 radical (unpaired) electrons. The number of carbonyl (C=O) groups excluding carboxylic acids is 1. The average Bonchev–Trinajstić information content (AvgIpc) is 3.24. The molecule has 0 atom stereocenters. The van der Waals surface area contributed by atoms with Gasteiger partial charge in [0.05, 0.1) is 0 Å². The molecular weight excluding hydrogens is 360 g/mol. The largest absolute Gasteiger partial charge is 0.340 e. The molecule has 1 aliphatic heterocycles. The highest BCUT2D eigenvalue weighted by Gasteiger charge is 2.22. The maximum atomic E-state index is 12.9. The molecule has 1 aromatic heterocycles. The minimum Gasteiger partial charge on any atom is -0.340 e. The first-order chi connectivity index (χ1) is 13.2. The Hall–Kier alpha value is -2.92. The van der Waals surface area contributed by atoms with E-state index in [4.69, 9.17) is 11.6 Å². The Kier molecular flexibility index (Phi) is 5.03. The van der Waals surface area contributed by atoms with E-state index in [1.54, 1.807) is 18.2 Å². The van der Waals surface area contributed by atoms with Gasteiger partial charge in [-0.15, -0.1) is 0 Å². The monoisotopic (exact) mass is 378 g/mol. The maximum absolute atomic E-state index is 12.9. The van der Waals surface area contributed by atoms with Crippen LogP contribution < -0.4 is 5.32 Å². The Bertz CT molecular complexity index is 938. The number of carbonyl (C=O) groups is 1.